The average molecular weight is 298 g/mol. The fourth-order valence-corrected chi connectivity index (χ4v) is 1.87. The van der Waals surface area contributed by atoms with Gasteiger partial charge in [-0.3, -0.25) is 4.79 Å². The minimum absolute atomic E-state index is 0.103. The molecule has 0 saturated heterocycles. The molecule has 0 aliphatic carbocycles. The van der Waals surface area contributed by atoms with Crippen LogP contribution in [-0.4, -0.2) is 17.3 Å². The smallest absolute Gasteiger partial charge is 0.224 e. The minimum Gasteiger partial charge on any atom is -0.356 e. The van der Waals surface area contributed by atoms with Crippen molar-refractivity contribution in [1.82, 2.24) is 5.32 Å². The quantitative estimate of drug-likeness (QED) is 0.803. The highest BCUT2D eigenvalue weighted by Crippen LogP contribution is 2.08. The van der Waals surface area contributed by atoms with E-state index < -0.39 is 0 Å². The number of rotatable bonds is 6. The first kappa shape index (κ1) is 14.2. The molecule has 0 fully saturated rings. The van der Waals surface area contributed by atoms with Gasteiger partial charge in [-0.25, -0.2) is 0 Å². The zero-order chi connectivity index (χ0) is 12.7. The van der Waals surface area contributed by atoms with Gasteiger partial charge < -0.3 is 5.32 Å². The second-order valence-electron chi connectivity index (χ2n) is 4.31. The van der Waals surface area contributed by atoms with Crippen molar-refractivity contribution < 1.29 is 4.79 Å². The van der Waals surface area contributed by atoms with Crippen LogP contribution in [0.3, 0.4) is 0 Å². The van der Waals surface area contributed by atoms with Gasteiger partial charge in [0.1, 0.15) is 0 Å². The van der Waals surface area contributed by atoms with Crippen molar-refractivity contribution >= 4 is 21.8 Å². The molecule has 2 nitrogen and oxygen atoms in total. The molecule has 0 bridgehead atoms. The molecule has 1 atom stereocenters. The molecule has 1 rings (SSSR count). The van der Waals surface area contributed by atoms with E-state index in [0.29, 0.717) is 11.2 Å². The lowest BCUT2D eigenvalue weighted by Crippen LogP contribution is -2.27. The Hall–Kier alpha value is -0.830. The van der Waals surface area contributed by atoms with Crippen LogP contribution in [0, 0.1) is 6.92 Å². The van der Waals surface area contributed by atoms with Gasteiger partial charge >= 0.3 is 0 Å². The lowest BCUT2D eigenvalue weighted by Gasteiger charge is -2.08. The second-order valence-corrected chi connectivity index (χ2v) is 5.60. The van der Waals surface area contributed by atoms with Gasteiger partial charge in [0.2, 0.25) is 5.91 Å². The Morgan fingerprint density at radius 2 is 2.24 bits per heavy atom. The van der Waals surface area contributed by atoms with Crippen molar-refractivity contribution in [2.45, 2.75) is 37.9 Å². The van der Waals surface area contributed by atoms with E-state index in [2.05, 4.69) is 34.2 Å². The molecule has 1 aromatic carbocycles. The Morgan fingerprint density at radius 3 is 2.88 bits per heavy atom. The predicted octanol–water partition coefficient (Wildman–Crippen LogP) is 3.22. The van der Waals surface area contributed by atoms with E-state index in [1.807, 2.05) is 25.1 Å². The Balaban J connectivity index is 2.30. The van der Waals surface area contributed by atoms with Crippen LogP contribution >= 0.6 is 15.9 Å². The predicted molar refractivity (Wildman–Crippen MR) is 75.5 cm³/mol. The van der Waals surface area contributed by atoms with E-state index in [4.69, 9.17) is 0 Å². The number of hydrogen-bond donors (Lipinski definition) is 1. The molecule has 0 aliphatic heterocycles. The van der Waals surface area contributed by atoms with Gasteiger partial charge in [0.15, 0.2) is 0 Å². The maximum Gasteiger partial charge on any atom is 0.224 e. The van der Waals surface area contributed by atoms with E-state index in [-0.39, 0.29) is 5.91 Å². The second kappa shape index (κ2) is 7.49. The largest absolute Gasteiger partial charge is 0.356 e. The highest BCUT2D eigenvalue weighted by atomic mass is 79.9. The molecule has 1 N–H and O–H groups in total. The number of carbonyl (C=O) groups excluding carboxylic acids is 1. The van der Waals surface area contributed by atoms with Crippen LogP contribution in [0.5, 0.6) is 0 Å². The molecule has 94 valence electrons. The van der Waals surface area contributed by atoms with Crippen LogP contribution in [0.4, 0.5) is 0 Å². The summed E-state index contributed by atoms with van der Waals surface area (Å²) in [6.07, 6.45) is 2.55. The first-order valence-electron chi connectivity index (χ1n) is 6.08. The summed E-state index contributed by atoms with van der Waals surface area (Å²) in [7, 11) is 0. The number of halogens is 1. The van der Waals surface area contributed by atoms with Crippen LogP contribution < -0.4 is 5.32 Å². The first-order chi connectivity index (χ1) is 8.11. The van der Waals surface area contributed by atoms with Gasteiger partial charge in [0, 0.05) is 11.4 Å². The van der Waals surface area contributed by atoms with Crippen molar-refractivity contribution in [3.63, 3.8) is 0 Å². The molecule has 3 heteroatoms. The molecule has 0 saturated carbocycles. The number of benzene rings is 1. The Morgan fingerprint density at radius 1 is 1.47 bits per heavy atom. The van der Waals surface area contributed by atoms with E-state index in [1.54, 1.807) is 0 Å². The first-order valence-corrected chi connectivity index (χ1v) is 6.99. The number of amides is 1. The summed E-state index contributed by atoms with van der Waals surface area (Å²) in [6, 6.07) is 8.08. The minimum atomic E-state index is 0.103. The summed E-state index contributed by atoms with van der Waals surface area (Å²) in [5.41, 5.74) is 2.27. The van der Waals surface area contributed by atoms with E-state index in [9.17, 15) is 4.79 Å². The third kappa shape index (κ3) is 5.87. The molecule has 0 radical (unpaired) electrons. The maximum atomic E-state index is 11.7. The van der Waals surface area contributed by atoms with Gasteiger partial charge in [0.05, 0.1) is 6.42 Å². The fourth-order valence-electron chi connectivity index (χ4n) is 1.64. The molecular weight excluding hydrogens is 278 g/mol. The Labute approximate surface area is 112 Å². The highest BCUT2D eigenvalue weighted by molar-refractivity contribution is 9.09. The number of aryl methyl sites for hydroxylation is 1. The number of hydrogen-bond acceptors (Lipinski definition) is 1. The lowest BCUT2D eigenvalue weighted by molar-refractivity contribution is -0.120. The highest BCUT2D eigenvalue weighted by Gasteiger charge is 2.05. The van der Waals surface area contributed by atoms with E-state index in [1.165, 1.54) is 5.56 Å². The Kier molecular flexibility index (Phi) is 6.27. The van der Waals surface area contributed by atoms with Crippen LogP contribution in [0.1, 0.15) is 30.9 Å². The molecule has 0 aliphatic rings. The maximum absolute atomic E-state index is 11.7. The zero-order valence-electron chi connectivity index (χ0n) is 10.5. The summed E-state index contributed by atoms with van der Waals surface area (Å²) < 4.78 is 0. The number of carbonyl (C=O) groups is 1. The van der Waals surface area contributed by atoms with Gasteiger partial charge in [0.25, 0.3) is 0 Å². The SMILES string of the molecule is CCC(Br)CCNC(=O)Cc1cccc(C)c1. The molecule has 17 heavy (non-hydrogen) atoms. The number of alkyl halides is 1. The molecule has 0 heterocycles. The summed E-state index contributed by atoms with van der Waals surface area (Å²) >= 11 is 3.55. The standard InChI is InChI=1S/C14H20BrNO/c1-3-13(15)7-8-16-14(17)10-12-6-4-5-11(2)9-12/h4-6,9,13H,3,7-8,10H2,1-2H3,(H,16,17). The number of nitrogens with one attached hydrogen (secondary N) is 1. The van der Waals surface area contributed by atoms with Crippen molar-refractivity contribution in [1.29, 1.82) is 0 Å². The monoisotopic (exact) mass is 297 g/mol. The van der Waals surface area contributed by atoms with Crippen molar-refractivity contribution in [3.8, 4) is 0 Å². The van der Waals surface area contributed by atoms with E-state index >= 15 is 0 Å². The average Bonchev–Trinajstić information content (AvgIpc) is 2.28. The van der Waals surface area contributed by atoms with Crippen molar-refractivity contribution in [3.05, 3.63) is 35.4 Å². The zero-order valence-corrected chi connectivity index (χ0v) is 12.1. The summed E-state index contributed by atoms with van der Waals surface area (Å²) in [5.74, 6) is 0.103. The van der Waals surface area contributed by atoms with Gasteiger partial charge in [-0.15, -0.1) is 0 Å². The van der Waals surface area contributed by atoms with Gasteiger partial charge in [-0.2, -0.15) is 0 Å². The summed E-state index contributed by atoms with van der Waals surface area (Å²) in [4.78, 5) is 12.2. The van der Waals surface area contributed by atoms with Crippen LogP contribution in [-0.2, 0) is 11.2 Å². The van der Waals surface area contributed by atoms with Crippen LogP contribution in [0.15, 0.2) is 24.3 Å². The molecule has 1 aromatic rings. The fraction of sp³-hybridized carbons (Fsp3) is 0.500. The summed E-state index contributed by atoms with van der Waals surface area (Å²) in [6.45, 7) is 4.92. The normalized spacial score (nSPS) is 12.2. The van der Waals surface area contributed by atoms with E-state index in [0.717, 1.165) is 24.9 Å². The van der Waals surface area contributed by atoms with Crippen LogP contribution in [0.25, 0.3) is 0 Å². The van der Waals surface area contributed by atoms with Crippen LogP contribution in [0.2, 0.25) is 0 Å². The topological polar surface area (TPSA) is 29.1 Å². The van der Waals surface area contributed by atoms with Gasteiger partial charge in [-0.05, 0) is 25.3 Å². The molecule has 1 amide bonds. The van der Waals surface area contributed by atoms with Crippen molar-refractivity contribution in [2.75, 3.05) is 6.54 Å². The molecule has 0 aromatic heterocycles. The lowest BCUT2D eigenvalue weighted by atomic mass is 10.1. The third-order valence-electron chi connectivity index (χ3n) is 2.67. The Bertz CT molecular complexity index is 365. The van der Waals surface area contributed by atoms with Gasteiger partial charge in [-0.1, -0.05) is 52.7 Å². The molecule has 1 unspecified atom stereocenters. The third-order valence-corrected chi connectivity index (χ3v) is 3.78. The van der Waals surface area contributed by atoms with Crippen molar-refractivity contribution in [2.24, 2.45) is 0 Å². The molecular formula is C14H20BrNO. The molecule has 0 spiro atoms. The summed E-state index contributed by atoms with van der Waals surface area (Å²) in [5, 5.41) is 2.95.